The lowest BCUT2D eigenvalue weighted by atomic mass is 9.67. The molecular formula is C72H48F4N2. The van der Waals surface area contributed by atoms with Gasteiger partial charge in [0.2, 0.25) is 0 Å². The molecule has 0 N–H and O–H groups in total. The molecule has 0 saturated carbocycles. The smallest absolute Gasteiger partial charge is 0.123 e. The standard InChI is InChI=1S/C72H48F4N2/c1-3-47-13-17-49(18-14-47)71(51-21-25-53(73)26-22-51)67-11-7-5-9-63(67)65-43-41-61(45-69(65)71)77(57-33-29-55(75)30-34-57)59-37-39-60(40-38-59)78(58-35-31-56(76)32-36-58)62-42-44-66-64-10-6-8-12-68(64)72(70(66)46-62,52-23-27-54(74)28-24-52)50-19-15-48(4-2)16-20-50/h3-46H,1-2H2. The van der Waals surface area contributed by atoms with Crippen molar-refractivity contribution in [1.82, 2.24) is 0 Å². The van der Waals surface area contributed by atoms with E-state index in [4.69, 9.17) is 0 Å². The average Bonchev–Trinajstić information content (AvgIpc) is 4.19. The Morgan fingerprint density at radius 2 is 0.526 bits per heavy atom. The van der Waals surface area contributed by atoms with Crippen molar-refractivity contribution < 1.29 is 17.6 Å². The number of benzene rings is 11. The summed E-state index contributed by atoms with van der Waals surface area (Å²) in [6.45, 7) is 8.02. The van der Waals surface area contributed by atoms with Crippen molar-refractivity contribution in [2.75, 3.05) is 9.80 Å². The number of anilines is 6. The van der Waals surface area contributed by atoms with Crippen molar-refractivity contribution in [3.05, 3.63) is 347 Å². The van der Waals surface area contributed by atoms with Crippen molar-refractivity contribution in [3.63, 3.8) is 0 Å². The van der Waals surface area contributed by atoms with Gasteiger partial charge >= 0.3 is 0 Å². The Labute approximate surface area is 451 Å². The van der Waals surface area contributed by atoms with Crippen LogP contribution < -0.4 is 9.80 Å². The monoisotopic (exact) mass is 1020 g/mol. The van der Waals surface area contributed by atoms with Gasteiger partial charge in [0.05, 0.1) is 10.8 Å². The van der Waals surface area contributed by atoms with Gasteiger partial charge in [-0.2, -0.15) is 0 Å². The van der Waals surface area contributed by atoms with Gasteiger partial charge in [-0.3, -0.25) is 0 Å². The molecule has 0 spiro atoms. The SMILES string of the molecule is C=Cc1ccc(C2(c3ccc(F)cc3)c3ccccc3-c3ccc(N(c4ccc(F)cc4)c4ccc(N(c5ccc(F)cc5)c5ccc6c(c5)C(c5ccc(F)cc5)(c5ccc(C=C)cc5)c5ccccc5-6)cc4)cc32)cc1. The Hall–Kier alpha value is -9.78. The number of rotatable bonds is 12. The van der Waals surface area contributed by atoms with Gasteiger partial charge in [0.15, 0.2) is 0 Å². The molecule has 0 saturated heterocycles. The van der Waals surface area contributed by atoms with Crippen LogP contribution in [-0.2, 0) is 10.8 Å². The van der Waals surface area contributed by atoms with E-state index in [1.165, 1.54) is 48.5 Å². The van der Waals surface area contributed by atoms with Crippen LogP contribution in [0.25, 0.3) is 34.4 Å². The van der Waals surface area contributed by atoms with E-state index in [0.717, 1.165) is 112 Å². The molecule has 78 heavy (non-hydrogen) atoms. The van der Waals surface area contributed by atoms with Crippen LogP contribution in [0.5, 0.6) is 0 Å². The molecule has 11 aromatic rings. The van der Waals surface area contributed by atoms with Gasteiger partial charge in [-0.15, -0.1) is 0 Å². The Kier molecular flexibility index (Phi) is 11.7. The number of fused-ring (bicyclic) bond motifs is 6. The zero-order valence-electron chi connectivity index (χ0n) is 42.2. The third kappa shape index (κ3) is 7.62. The van der Waals surface area contributed by atoms with Crippen molar-refractivity contribution >= 4 is 46.3 Å². The topological polar surface area (TPSA) is 6.48 Å². The molecule has 0 fully saturated rings. The van der Waals surface area contributed by atoms with Gasteiger partial charge in [0, 0.05) is 34.1 Å². The number of halogens is 4. The first-order chi connectivity index (χ1) is 38.2. The molecule has 0 bridgehead atoms. The molecule has 2 nitrogen and oxygen atoms in total. The summed E-state index contributed by atoms with van der Waals surface area (Å²) < 4.78 is 59.5. The fraction of sp³-hybridized carbons (Fsp3) is 0.0278. The average molecular weight is 1020 g/mol. The van der Waals surface area contributed by atoms with E-state index in [0.29, 0.717) is 0 Å². The first-order valence-corrected chi connectivity index (χ1v) is 25.9. The molecule has 0 heterocycles. The van der Waals surface area contributed by atoms with Crippen LogP contribution in [0.3, 0.4) is 0 Å². The van der Waals surface area contributed by atoms with Crippen LogP contribution in [0, 0.1) is 23.3 Å². The maximum Gasteiger partial charge on any atom is 0.123 e. The highest BCUT2D eigenvalue weighted by atomic mass is 19.1. The van der Waals surface area contributed by atoms with Gasteiger partial charge in [-0.1, -0.05) is 159 Å². The van der Waals surface area contributed by atoms with Crippen LogP contribution in [-0.4, -0.2) is 0 Å². The molecule has 11 aromatic carbocycles. The molecule has 374 valence electrons. The van der Waals surface area contributed by atoms with Crippen LogP contribution >= 0.6 is 0 Å². The van der Waals surface area contributed by atoms with Crippen molar-refractivity contribution in [2.45, 2.75) is 10.8 Å². The molecule has 2 aliphatic carbocycles. The van der Waals surface area contributed by atoms with E-state index in [2.05, 4.69) is 144 Å². The second kappa shape index (κ2) is 19.1. The molecule has 2 aliphatic rings. The second-order valence-electron chi connectivity index (χ2n) is 19.9. The maximum atomic E-state index is 14.9. The highest BCUT2D eigenvalue weighted by Crippen LogP contribution is 2.59. The minimum atomic E-state index is -0.843. The highest BCUT2D eigenvalue weighted by molar-refractivity contribution is 5.92. The normalized spacial score (nSPS) is 15.6. The first kappa shape index (κ1) is 47.9. The third-order valence-electron chi connectivity index (χ3n) is 15.8. The van der Waals surface area contributed by atoms with Gasteiger partial charge in [0.1, 0.15) is 23.3 Å². The van der Waals surface area contributed by atoms with Crippen LogP contribution in [0.2, 0.25) is 0 Å². The minimum Gasteiger partial charge on any atom is -0.310 e. The lowest BCUT2D eigenvalue weighted by Crippen LogP contribution is -2.29. The van der Waals surface area contributed by atoms with Crippen LogP contribution in [0.1, 0.15) is 55.6 Å². The van der Waals surface area contributed by atoms with Crippen molar-refractivity contribution in [1.29, 1.82) is 0 Å². The fourth-order valence-corrected chi connectivity index (χ4v) is 12.4. The Bertz CT molecular complexity index is 3810. The molecule has 0 radical (unpaired) electrons. The number of hydrogen-bond acceptors (Lipinski definition) is 2. The predicted octanol–water partition coefficient (Wildman–Crippen LogP) is 19.2. The fourth-order valence-electron chi connectivity index (χ4n) is 12.4. The summed E-state index contributed by atoms with van der Waals surface area (Å²) in [6.07, 6.45) is 3.65. The van der Waals surface area contributed by atoms with Crippen LogP contribution in [0.15, 0.2) is 268 Å². The van der Waals surface area contributed by atoms with E-state index < -0.39 is 10.8 Å². The quantitative estimate of drug-likeness (QED) is 0.113. The summed E-state index contributed by atoms with van der Waals surface area (Å²) in [5.41, 5.74) is 17.2. The zero-order chi connectivity index (χ0) is 53.1. The first-order valence-electron chi connectivity index (χ1n) is 25.9. The van der Waals surface area contributed by atoms with E-state index >= 15 is 0 Å². The second-order valence-corrected chi connectivity index (χ2v) is 19.9. The summed E-state index contributed by atoms with van der Waals surface area (Å²) in [7, 11) is 0. The molecule has 2 atom stereocenters. The summed E-state index contributed by atoms with van der Waals surface area (Å²) in [5, 5.41) is 0. The lowest BCUT2D eigenvalue weighted by molar-refractivity contribution is 0.624. The Balaban J connectivity index is 0.982. The summed E-state index contributed by atoms with van der Waals surface area (Å²) in [6, 6.07) is 81.2. The van der Waals surface area contributed by atoms with E-state index in [-0.39, 0.29) is 23.3 Å². The number of nitrogens with zero attached hydrogens (tertiary/aromatic N) is 2. The van der Waals surface area contributed by atoms with Crippen molar-refractivity contribution in [2.24, 2.45) is 0 Å². The summed E-state index contributed by atoms with van der Waals surface area (Å²) in [5.74, 6) is -1.37. The largest absolute Gasteiger partial charge is 0.310 e. The zero-order valence-corrected chi connectivity index (χ0v) is 42.2. The Morgan fingerprint density at radius 3 is 0.846 bits per heavy atom. The maximum absolute atomic E-state index is 14.9. The predicted molar refractivity (Wildman–Crippen MR) is 310 cm³/mol. The van der Waals surface area contributed by atoms with Crippen LogP contribution in [0.4, 0.5) is 51.7 Å². The van der Waals surface area contributed by atoms with Crippen molar-refractivity contribution in [3.8, 4) is 22.3 Å². The molecule has 0 amide bonds. The van der Waals surface area contributed by atoms with E-state index in [9.17, 15) is 17.6 Å². The van der Waals surface area contributed by atoms with Gasteiger partial charge in [0.25, 0.3) is 0 Å². The number of hydrogen-bond donors (Lipinski definition) is 0. The molecule has 13 rings (SSSR count). The minimum absolute atomic E-state index is 0.324. The third-order valence-corrected chi connectivity index (χ3v) is 15.8. The highest BCUT2D eigenvalue weighted by Gasteiger charge is 2.48. The summed E-state index contributed by atoms with van der Waals surface area (Å²) >= 11 is 0. The molecule has 0 aromatic heterocycles. The summed E-state index contributed by atoms with van der Waals surface area (Å²) in [4.78, 5) is 4.23. The molecule has 2 unspecified atom stereocenters. The van der Waals surface area contributed by atoms with Gasteiger partial charge in [-0.25, -0.2) is 17.6 Å². The molecule has 6 heteroatoms. The molecular weight excluding hydrogens is 969 g/mol. The lowest BCUT2D eigenvalue weighted by Gasteiger charge is -2.35. The molecule has 0 aliphatic heterocycles. The van der Waals surface area contributed by atoms with Gasteiger partial charge in [-0.05, 0) is 199 Å². The van der Waals surface area contributed by atoms with Gasteiger partial charge < -0.3 is 9.80 Å². The van der Waals surface area contributed by atoms with E-state index in [1.54, 1.807) is 24.3 Å². The Morgan fingerprint density at radius 1 is 0.269 bits per heavy atom. The van der Waals surface area contributed by atoms with E-state index in [1.807, 2.05) is 72.8 Å².